The van der Waals surface area contributed by atoms with Crippen LogP contribution in [-0.4, -0.2) is 14.8 Å². The zero-order valence-electron chi connectivity index (χ0n) is 4.89. The number of H-pyrrole nitrogens is 1. The molecule has 0 amide bonds. The molecule has 0 saturated carbocycles. The molecule has 0 aliphatic heterocycles. The molecule has 1 aromatic rings. The molecule has 1 aromatic heterocycles. The molecule has 5 heteroatoms. The van der Waals surface area contributed by atoms with Crippen LogP contribution in [0.25, 0.3) is 0 Å². The van der Waals surface area contributed by atoms with E-state index in [0.29, 0.717) is 4.77 Å². The van der Waals surface area contributed by atoms with E-state index in [-0.39, 0.29) is 20.4 Å². The van der Waals surface area contributed by atoms with Crippen LogP contribution in [0.2, 0.25) is 0 Å². The smallest absolute Gasteiger partial charge is 0.0374 e. The van der Waals surface area contributed by atoms with E-state index in [4.69, 9.17) is 12.2 Å². The van der Waals surface area contributed by atoms with Crippen LogP contribution >= 0.6 is 12.2 Å². The second kappa shape index (κ2) is 3.94. The van der Waals surface area contributed by atoms with E-state index in [2.05, 4.69) is 16.5 Å². The Bertz CT molecular complexity index is 216. The molecule has 0 unspecified atom stereocenters. The van der Waals surface area contributed by atoms with Crippen molar-refractivity contribution in [2.45, 2.75) is 13.5 Å². The average Bonchev–Trinajstić information content (AvgIpc) is 2.14. The number of rotatable bonds is 1. The van der Waals surface area contributed by atoms with Crippen molar-refractivity contribution in [3.8, 4) is 0 Å². The van der Waals surface area contributed by atoms with Gasteiger partial charge in [0.15, 0.2) is 0 Å². The Balaban J connectivity index is 0.000000640. The molecule has 0 aliphatic rings. The van der Waals surface area contributed by atoms with E-state index in [1.807, 2.05) is 6.92 Å². The van der Waals surface area contributed by atoms with Crippen LogP contribution in [0.4, 0.5) is 0 Å². The summed E-state index contributed by atoms with van der Waals surface area (Å²) in [5.74, 6) is 0. The van der Waals surface area contributed by atoms with Crippen LogP contribution in [0.5, 0.6) is 0 Å². The number of nitrogens with zero attached hydrogens (tertiary/aromatic N) is 2. The summed E-state index contributed by atoms with van der Waals surface area (Å²) in [5, 5.41) is 6.19. The van der Waals surface area contributed by atoms with Crippen molar-refractivity contribution in [3.63, 3.8) is 0 Å². The molecule has 0 fully saturated rings. The van der Waals surface area contributed by atoms with E-state index < -0.39 is 0 Å². The number of aryl methyl sites for hydroxylation is 1. The van der Waals surface area contributed by atoms with E-state index >= 15 is 0 Å². The quantitative estimate of drug-likeness (QED) is 0.613. The molecule has 0 spiro atoms. The van der Waals surface area contributed by atoms with Gasteiger partial charge in [-0.25, -0.2) is 0 Å². The summed E-state index contributed by atoms with van der Waals surface area (Å²) in [5.41, 5.74) is 0. The molecule has 9 heavy (non-hydrogen) atoms. The summed E-state index contributed by atoms with van der Waals surface area (Å²) >= 11 is 4.80. The average molecular weight is 314 g/mol. The third kappa shape index (κ3) is 2.01. The molecule has 0 aromatic carbocycles. The van der Waals surface area contributed by atoms with Gasteiger partial charge in [0.1, 0.15) is 0 Å². The Morgan fingerprint density at radius 1 is 1.89 bits per heavy atom. The van der Waals surface area contributed by atoms with Gasteiger partial charge < -0.3 is 9.67 Å². The maximum absolute atomic E-state index is 4.80. The van der Waals surface area contributed by atoms with Crippen LogP contribution in [-0.2, 0) is 27.0 Å². The largest absolute Gasteiger partial charge is 0.470 e. The van der Waals surface area contributed by atoms with Gasteiger partial charge in [-0.05, 0) is 19.8 Å². The molecule has 1 radical (unpaired) electrons. The standard InChI is InChI=1S/C4H6N3S.Re/c1-2-7-3-5-6-4(7)8;/h2H2,1H3,(H,6,8);/q-1;. The van der Waals surface area contributed by atoms with Gasteiger partial charge in [-0.1, -0.05) is 0 Å². The van der Waals surface area contributed by atoms with Crippen LogP contribution in [0, 0.1) is 11.1 Å². The monoisotopic (exact) mass is 315 g/mol. The van der Waals surface area contributed by atoms with Crippen LogP contribution in [0.3, 0.4) is 0 Å². The van der Waals surface area contributed by atoms with Gasteiger partial charge in [0.05, 0.1) is 0 Å². The molecule has 1 N–H and O–H groups in total. The molecule has 51 valence electrons. The van der Waals surface area contributed by atoms with Gasteiger partial charge in [-0.15, -0.1) is 0 Å². The molecule has 1 heterocycles. The van der Waals surface area contributed by atoms with Crippen molar-refractivity contribution in [1.29, 1.82) is 0 Å². The molecule has 0 saturated heterocycles. The summed E-state index contributed by atoms with van der Waals surface area (Å²) < 4.78 is 2.36. The number of hydrogen-bond acceptors (Lipinski definition) is 2. The fraction of sp³-hybridized carbons (Fsp3) is 0.500. The first-order valence-corrected chi connectivity index (χ1v) is 2.78. The predicted octanol–water partition coefficient (Wildman–Crippen LogP) is 0.758. The Labute approximate surface area is 72.1 Å². The number of aromatic nitrogens is 3. The molecule has 0 bridgehead atoms. The van der Waals surface area contributed by atoms with Crippen LogP contribution in [0.15, 0.2) is 0 Å². The zero-order chi connectivity index (χ0) is 5.98. The topological polar surface area (TPSA) is 33.6 Å². The Kier molecular flexibility index (Phi) is 3.95. The van der Waals surface area contributed by atoms with E-state index in [1.54, 1.807) is 4.57 Å². The summed E-state index contributed by atoms with van der Waals surface area (Å²) in [7, 11) is 0. The van der Waals surface area contributed by atoms with Crippen LogP contribution in [0.1, 0.15) is 6.92 Å². The fourth-order valence-corrected chi connectivity index (χ4v) is 0.669. The molecule has 0 aliphatic carbocycles. The van der Waals surface area contributed by atoms with E-state index in [0.717, 1.165) is 6.54 Å². The van der Waals surface area contributed by atoms with E-state index in [1.165, 1.54) is 0 Å². The zero-order valence-corrected chi connectivity index (χ0v) is 8.42. The third-order valence-electron chi connectivity index (χ3n) is 0.884. The number of nitrogens with one attached hydrogen (secondary N) is 1. The number of hydrogen-bond donors (Lipinski definition) is 1. The van der Waals surface area contributed by atoms with Gasteiger partial charge in [0.25, 0.3) is 0 Å². The van der Waals surface area contributed by atoms with Crippen molar-refractivity contribution < 1.29 is 20.4 Å². The first-order chi connectivity index (χ1) is 3.84. The van der Waals surface area contributed by atoms with E-state index in [9.17, 15) is 0 Å². The van der Waals surface area contributed by atoms with Crippen molar-refractivity contribution in [2.24, 2.45) is 0 Å². The number of aromatic amines is 1. The summed E-state index contributed by atoms with van der Waals surface area (Å²) in [6.45, 7) is 2.82. The minimum Gasteiger partial charge on any atom is -0.470 e. The predicted molar refractivity (Wildman–Crippen MR) is 31.9 cm³/mol. The second-order valence-electron chi connectivity index (χ2n) is 1.37. The maximum Gasteiger partial charge on any atom is 0.0374 e. The third-order valence-corrected chi connectivity index (χ3v) is 1.20. The molecular weight excluding hydrogens is 308 g/mol. The molecular formula is C4H6N3ReS-. The molecule has 3 nitrogen and oxygen atoms in total. The van der Waals surface area contributed by atoms with Gasteiger partial charge in [0.2, 0.25) is 0 Å². The first-order valence-electron chi connectivity index (χ1n) is 2.37. The maximum atomic E-state index is 4.80. The minimum absolute atomic E-state index is 0. The van der Waals surface area contributed by atoms with Crippen molar-refractivity contribution in [3.05, 3.63) is 11.1 Å². The summed E-state index contributed by atoms with van der Waals surface area (Å²) in [6, 6.07) is 0. The second-order valence-corrected chi connectivity index (χ2v) is 1.76. The fourth-order valence-electron chi connectivity index (χ4n) is 0.453. The Morgan fingerprint density at radius 2 is 2.56 bits per heavy atom. The Hall–Kier alpha value is 0.0223. The van der Waals surface area contributed by atoms with Gasteiger partial charge in [-0.2, -0.15) is 12.2 Å². The van der Waals surface area contributed by atoms with Crippen molar-refractivity contribution >= 4 is 12.2 Å². The van der Waals surface area contributed by atoms with Gasteiger partial charge >= 0.3 is 0 Å². The molecule has 1 rings (SSSR count). The normalized spacial score (nSPS) is 8.56. The summed E-state index contributed by atoms with van der Waals surface area (Å²) in [4.78, 5) is 0. The van der Waals surface area contributed by atoms with Crippen LogP contribution < -0.4 is 0 Å². The van der Waals surface area contributed by atoms with Gasteiger partial charge in [-0.3, -0.25) is 5.10 Å². The SMILES string of the molecule is CCn1[c-]n[nH]c1=S.[Re]. The Morgan fingerprint density at radius 3 is 2.78 bits per heavy atom. The minimum atomic E-state index is 0. The summed E-state index contributed by atoms with van der Waals surface area (Å²) in [6.07, 6.45) is 2.66. The van der Waals surface area contributed by atoms with Gasteiger partial charge in [0, 0.05) is 25.2 Å². The molecule has 0 atom stereocenters. The first kappa shape index (κ1) is 9.02. The van der Waals surface area contributed by atoms with Crippen molar-refractivity contribution in [2.75, 3.05) is 0 Å². The van der Waals surface area contributed by atoms with Crippen molar-refractivity contribution in [1.82, 2.24) is 14.8 Å².